The molecule has 0 radical (unpaired) electrons. The zero-order valence-electron chi connectivity index (χ0n) is 14.4. The molecular weight excluding hydrogens is 335 g/mol. The molecule has 4 nitrogen and oxygen atoms in total. The Bertz CT molecular complexity index is 977. The van der Waals surface area contributed by atoms with E-state index in [1.807, 2.05) is 24.3 Å². The van der Waals surface area contributed by atoms with Gasteiger partial charge in [-0.3, -0.25) is 9.59 Å². The molecule has 0 aliphatic rings. The van der Waals surface area contributed by atoms with Crippen molar-refractivity contribution in [3.63, 3.8) is 0 Å². The van der Waals surface area contributed by atoms with E-state index < -0.39 is 11.8 Å². The molecule has 26 heavy (non-hydrogen) atoms. The first-order chi connectivity index (χ1) is 12.5. The van der Waals surface area contributed by atoms with E-state index in [2.05, 4.69) is 0 Å². The number of esters is 1. The minimum absolute atomic E-state index is 0.179. The molecule has 0 aliphatic carbocycles. The predicted octanol–water partition coefficient (Wildman–Crippen LogP) is 4.47. The van der Waals surface area contributed by atoms with E-state index in [4.69, 9.17) is 9.47 Å². The molecular formula is C21H17FO4. The van der Waals surface area contributed by atoms with Crippen molar-refractivity contribution >= 4 is 22.5 Å². The third kappa shape index (κ3) is 3.72. The summed E-state index contributed by atoms with van der Waals surface area (Å²) in [6, 6.07) is 14.4. The summed E-state index contributed by atoms with van der Waals surface area (Å²) in [6.45, 7) is 2.97. The Morgan fingerprint density at radius 1 is 1.00 bits per heavy atom. The Kier molecular flexibility index (Phi) is 4.98. The Hall–Kier alpha value is -3.21. The largest absolute Gasteiger partial charge is 0.485 e. The molecule has 0 atom stereocenters. The Balaban J connectivity index is 1.89. The van der Waals surface area contributed by atoms with Crippen molar-refractivity contribution < 1.29 is 23.5 Å². The fourth-order valence-corrected chi connectivity index (χ4v) is 2.71. The van der Waals surface area contributed by atoms with Crippen LogP contribution in [0.2, 0.25) is 0 Å². The van der Waals surface area contributed by atoms with E-state index in [-0.39, 0.29) is 12.4 Å². The lowest BCUT2D eigenvalue weighted by atomic mass is 10.0. The highest BCUT2D eigenvalue weighted by molar-refractivity contribution is 5.98. The van der Waals surface area contributed by atoms with Gasteiger partial charge in [-0.2, -0.15) is 0 Å². The van der Waals surface area contributed by atoms with Gasteiger partial charge in [-0.1, -0.05) is 24.3 Å². The molecule has 3 aromatic rings. The molecule has 3 rings (SSSR count). The van der Waals surface area contributed by atoms with Gasteiger partial charge < -0.3 is 9.47 Å². The SMILES string of the molecule is CC(=O)Oc1c(C)cc(OCC(=O)c2ccc(F)cc2)c2ccccc12. The van der Waals surface area contributed by atoms with Crippen LogP contribution in [-0.2, 0) is 4.79 Å². The first-order valence-corrected chi connectivity index (χ1v) is 8.08. The maximum atomic E-state index is 13.0. The number of hydrogen-bond donors (Lipinski definition) is 0. The van der Waals surface area contributed by atoms with Gasteiger partial charge in [0.1, 0.15) is 17.3 Å². The Morgan fingerprint density at radius 3 is 2.31 bits per heavy atom. The lowest BCUT2D eigenvalue weighted by Gasteiger charge is -2.14. The Morgan fingerprint density at radius 2 is 1.65 bits per heavy atom. The van der Waals surface area contributed by atoms with Crippen LogP contribution in [0.5, 0.6) is 11.5 Å². The topological polar surface area (TPSA) is 52.6 Å². The number of ether oxygens (including phenoxy) is 2. The average Bonchev–Trinajstić information content (AvgIpc) is 2.62. The number of ketones is 1. The maximum Gasteiger partial charge on any atom is 0.308 e. The van der Waals surface area contributed by atoms with Crippen LogP contribution < -0.4 is 9.47 Å². The van der Waals surface area contributed by atoms with Crippen LogP contribution in [0.4, 0.5) is 4.39 Å². The number of fused-ring (bicyclic) bond motifs is 1. The van der Waals surface area contributed by atoms with E-state index in [1.165, 1.54) is 31.2 Å². The van der Waals surface area contributed by atoms with Gasteiger partial charge in [0, 0.05) is 23.3 Å². The number of halogens is 1. The van der Waals surface area contributed by atoms with Gasteiger partial charge in [0.05, 0.1) is 0 Å². The van der Waals surface area contributed by atoms with E-state index in [1.54, 1.807) is 13.0 Å². The maximum absolute atomic E-state index is 13.0. The number of rotatable bonds is 5. The van der Waals surface area contributed by atoms with Gasteiger partial charge in [0.25, 0.3) is 0 Å². The molecule has 0 spiro atoms. The molecule has 0 aliphatic heterocycles. The number of carbonyl (C=O) groups is 2. The Labute approximate surface area is 150 Å². The van der Waals surface area contributed by atoms with Crippen LogP contribution in [0.15, 0.2) is 54.6 Å². The lowest BCUT2D eigenvalue weighted by Crippen LogP contribution is -2.12. The summed E-state index contributed by atoms with van der Waals surface area (Å²) in [6.07, 6.45) is 0. The number of hydrogen-bond acceptors (Lipinski definition) is 4. The summed E-state index contributed by atoms with van der Waals surface area (Å²) < 4.78 is 24.0. The van der Waals surface area contributed by atoms with Gasteiger partial charge in [0.15, 0.2) is 12.4 Å². The van der Waals surface area contributed by atoms with Gasteiger partial charge in [-0.05, 0) is 42.8 Å². The zero-order valence-corrected chi connectivity index (χ0v) is 14.4. The normalized spacial score (nSPS) is 10.6. The molecule has 5 heteroatoms. The molecule has 0 fully saturated rings. The quantitative estimate of drug-likeness (QED) is 0.386. The molecule has 3 aromatic carbocycles. The molecule has 0 saturated heterocycles. The van der Waals surface area contributed by atoms with Crippen molar-refractivity contribution in [3.8, 4) is 11.5 Å². The van der Waals surface area contributed by atoms with Crippen LogP contribution >= 0.6 is 0 Å². The van der Waals surface area contributed by atoms with E-state index in [0.29, 0.717) is 17.1 Å². The monoisotopic (exact) mass is 352 g/mol. The summed E-state index contributed by atoms with van der Waals surface area (Å²) in [5.74, 6) is -0.0610. The van der Waals surface area contributed by atoms with Crippen molar-refractivity contribution in [1.29, 1.82) is 0 Å². The van der Waals surface area contributed by atoms with Crippen molar-refractivity contribution in [3.05, 3.63) is 71.5 Å². The zero-order chi connectivity index (χ0) is 18.7. The van der Waals surface area contributed by atoms with E-state index >= 15 is 0 Å². The van der Waals surface area contributed by atoms with Crippen molar-refractivity contribution in [2.75, 3.05) is 6.61 Å². The number of Topliss-reactive ketones (excluding diaryl/α,β-unsaturated/α-hetero) is 1. The van der Waals surface area contributed by atoms with E-state index in [9.17, 15) is 14.0 Å². The van der Waals surface area contributed by atoms with Crippen molar-refractivity contribution in [1.82, 2.24) is 0 Å². The molecule has 0 bridgehead atoms. The van der Waals surface area contributed by atoms with E-state index in [0.717, 1.165) is 16.3 Å². The van der Waals surface area contributed by atoms with Gasteiger partial charge in [0.2, 0.25) is 0 Å². The standard InChI is InChI=1S/C21H17FO4/c1-13-11-20(25-12-19(24)15-7-9-16(22)10-8-15)17-5-3-4-6-18(17)21(13)26-14(2)23/h3-11H,12H2,1-2H3. The highest BCUT2D eigenvalue weighted by atomic mass is 19.1. The number of aryl methyl sites for hydroxylation is 1. The van der Waals surface area contributed by atoms with Gasteiger partial charge in [-0.25, -0.2) is 4.39 Å². The third-order valence-corrected chi connectivity index (χ3v) is 3.91. The predicted molar refractivity (Wildman–Crippen MR) is 96.2 cm³/mol. The molecule has 0 heterocycles. The number of carbonyl (C=O) groups excluding carboxylic acids is 2. The minimum atomic E-state index is -0.404. The summed E-state index contributed by atoms with van der Waals surface area (Å²) in [5.41, 5.74) is 1.10. The van der Waals surface area contributed by atoms with Crippen LogP contribution in [0.3, 0.4) is 0 Å². The fourth-order valence-electron chi connectivity index (χ4n) is 2.71. The first-order valence-electron chi connectivity index (χ1n) is 8.08. The van der Waals surface area contributed by atoms with Crippen LogP contribution in [0, 0.1) is 12.7 Å². The molecule has 0 saturated carbocycles. The van der Waals surface area contributed by atoms with Gasteiger partial charge in [-0.15, -0.1) is 0 Å². The van der Waals surface area contributed by atoms with Crippen LogP contribution in [-0.4, -0.2) is 18.4 Å². The second kappa shape index (κ2) is 7.35. The third-order valence-electron chi connectivity index (χ3n) is 3.91. The van der Waals surface area contributed by atoms with Gasteiger partial charge >= 0.3 is 5.97 Å². The first kappa shape index (κ1) is 17.6. The molecule has 0 unspecified atom stereocenters. The molecule has 0 aromatic heterocycles. The smallest absolute Gasteiger partial charge is 0.308 e. The fraction of sp³-hybridized carbons (Fsp3) is 0.143. The van der Waals surface area contributed by atoms with Crippen molar-refractivity contribution in [2.24, 2.45) is 0 Å². The molecule has 0 N–H and O–H groups in total. The molecule has 0 amide bonds. The minimum Gasteiger partial charge on any atom is -0.485 e. The summed E-state index contributed by atoms with van der Waals surface area (Å²) in [5, 5.41) is 1.47. The van der Waals surface area contributed by atoms with Crippen molar-refractivity contribution in [2.45, 2.75) is 13.8 Å². The molecule has 132 valence electrons. The summed E-state index contributed by atoms with van der Waals surface area (Å²) in [4.78, 5) is 23.6. The highest BCUT2D eigenvalue weighted by Crippen LogP contribution is 2.36. The number of benzene rings is 3. The average molecular weight is 352 g/mol. The summed E-state index contributed by atoms with van der Waals surface area (Å²) >= 11 is 0. The second-order valence-electron chi connectivity index (χ2n) is 5.88. The second-order valence-corrected chi connectivity index (χ2v) is 5.88. The van der Waals surface area contributed by atoms with Crippen LogP contribution in [0.1, 0.15) is 22.8 Å². The highest BCUT2D eigenvalue weighted by Gasteiger charge is 2.15. The summed E-state index contributed by atoms with van der Waals surface area (Å²) in [7, 11) is 0. The lowest BCUT2D eigenvalue weighted by molar-refractivity contribution is -0.131. The van der Waals surface area contributed by atoms with Crippen LogP contribution in [0.25, 0.3) is 10.8 Å².